The number of nitrogens with zero attached hydrogens (tertiary/aromatic N) is 2. The van der Waals surface area contributed by atoms with Crippen molar-refractivity contribution in [3.63, 3.8) is 0 Å². The molecule has 0 aromatic carbocycles. The molecule has 0 bridgehead atoms. The molecule has 10 heteroatoms. The summed E-state index contributed by atoms with van der Waals surface area (Å²) in [5.41, 5.74) is 6.26. The fourth-order valence-corrected chi connectivity index (χ4v) is 3.76. The topological polar surface area (TPSA) is 143 Å². The number of aromatic nitrogens is 3. The van der Waals surface area contributed by atoms with Crippen molar-refractivity contribution in [2.24, 2.45) is 5.92 Å². The van der Waals surface area contributed by atoms with Gasteiger partial charge in [0.05, 0.1) is 11.7 Å². The second-order valence-electron chi connectivity index (χ2n) is 9.22. The molecule has 0 spiro atoms. The number of amides is 1. The number of carbonyl (C=O) groups is 2. The van der Waals surface area contributed by atoms with Gasteiger partial charge in [-0.15, -0.1) is 0 Å². The summed E-state index contributed by atoms with van der Waals surface area (Å²) in [4.78, 5) is 58.2. The number of aryl methyl sites for hydroxylation is 1. The van der Waals surface area contributed by atoms with Crippen LogP contribution in [-0.4, -0.2) is 39.1 Å². The number of nitrogen functional groups attached to an aromatic ring is 1. The molecule has 2 heterocycles. The molecule has 10 nitrogen and oxygen atoms in total. The number of nitrogens with one attached hydrogen (secondary N) is 2. The molecule has 0 radical (unpaired) electrons. The maximum absolute atomic E-state index is 13.8. The number of H-pyrrole nitrogens is 2. The molecule has 2 aromatic rings. The number of unbranched alkanes of at least 4 members (excludes halogenated alkanes) is 1. The highest BCUT2D eigenvalue weighted by molar-refractivity contribution is 6.09. The van der Waals surface area contributed by atoms with Crippen molar-refractivity contribution in [3.8, 4) is 0 Å². The largest absolute Gasteiger partial charge is 0.459 e. The van der Waals surface area contributed by atoms with Crippen LogP contribution in [0.15, 0.2) is 9.59 Å². The van der Waals surface area contributed by atoms with Gasteiger partial charge in [0.1, 0.15) is 11.5 Å². The second-order valence-corrected chi connectivity index (χ2v) is 9.22. The number of hydrogen-bond acceptors (Lipinski definition) is 6. The van der Waals surface area contributed by atoms with Crippen molar-refractivity contribution >= 4 is 23.4 Å². The third kappa shape index (κ3) is 5.78. The van der Waals surface area contributed by atoms with E-state index in [0.717, 1.165) is 6.42 Å². The fraction of sp³-hybridized carbons (Fsp3) is 0.583. The predicted molar refractivity (Wildman–Crippen MR) is 133 cm³/mol. The summed E-state index contributed by atoms with van der Waals surface area (Å²) < 4.78 is 6.61. The van der Waals surface area contributed by atoms with E-state index < -0.39 is 23.1 Å². The third-order valence-electron chi connectivity index (χ3n) is 5.59. The van der Waals surface area contributed by atoms with Crippen LogP contribution in [0.5, 0.6) is 0 Å². The van der Waals surface area contributed by atoms with Crippen LogP contribution >= 0.6 is 0 Å². The summed E-state index contributed by atoms with van der Waals surface area (Å²) in [6, 6.07) is 0. The van der Waals surface area contributed by atoms with Crippen molar-refractivity contribution in [1.82, 2.24) is 14.5 Å². The minimum absolute atomic E-state index is 0.0559. The number of rotatable bonds is 10. The van der Waals surface area contributed by atoms with Gasteiger partial charge < -0.3 is 15.5 Å². The first-order chi connectivity index (χ1) is 15.9. The molecule has 0 atom stereocenters. The van der Waals surface area contributed by atoms with E-state index in [0.29, 0.717) is 30.6 Å². The van der Waals surface area contributed by atoms with Crippen molar-refractivity contribution in [3.05, 3.63) is 43.4 Å². The van der Waals surface area contributed by atoms with Crippen molar-refractivity contribution < 1.29 is 14.3 Å². The summed E-state index contributed by atoms with van der Waals surface area (Å²) >= 11 is 0. The Hall–Kier alpha value is -3.30. The van der Waals surface area contributed by atoms with Crippen molar-refractivity contribution in [2.75, 3.05) is 17.2 Å². The number of esters is 1. The van der Waals surface area contributed by atoms with Crippen molar-refractivity contribution in [1.29, 1.82) is 0 Å². The van der Waals surface area contributed by atoms with Gasteiger partial charge in [-0.3, -0.25) is 24.0 Å². The molecular weight excluding hydrogens is 438 g/mol. The zero-order valence-electron chi connectivity index (χ0n) is 21.2. The SMILES string of the molecule is CCCCn1c(N)c(N(CCC(C)C)C(=O)c2[nH]c(C)c(C(=O)OC(C)C)c2C)c(=O)[nH]c1=O. The number of anilines is 2. The lowest BCUT2D eigenvalue weighted by Crippen LogP contribution is -2.42. The summed E-state index contributed by atoms with van der Waals surface area (Å²) in [6.45, 7) is 13.3. The average Bonchev–Trinajstić information content (AvgIpc) is 3.02. The van der Waals surface area contributed by atoms with Crippen LogP contribution in [0.3, 0.4) is 0 Å². The Balaban J connectivity index is 2.64. The molecular formula is C24H37N5O5. The van der Waals surface area contributed by atoms with E-state index in [4.69, 9.17) is 10.5 Å². The molecule has 0 aliphatic rings. The Morgan fingerprint density at radius 1 is 1.12 bits per heavy atom. The smallest absolute Gasteiger partial charge is 0.340 e. The van der Waals surface area contributed by atoms with Gasteiger partial charge in [0.15, 0.2) is 5.69 Å². The van der Waals surface area contributed by atoms with E-state index in [9.17, 15) is 19.2 Å². The highest BCUT2D eigenvalue weighted by Gasteiger charge is 2.30. The third-order valence-corrected chi connectivity index (χ3v) is 5.59. The zero-order valence-corrected chi connectivity index (χ0v) is 21.2. The van der Waals surface area contributed by atoms with Crippen LogP contribution in [0, 0.1) is 19.8 Å². The number of ether oxygens (including phenoxy) is 1. The van der Waals surface area contributed by atoms with Crippen LogP contribution in [0.4, 0.5) is 11.5 Å². The van der Waals surface area contributed by atoms with Crippen LogP contribution in [0.1, 0.15) is 86.0 Å². The highest BCUT2D eigenvalue weighted by Crippen LogP contribution is 2.25. The van der Waals surface area contributed by atoms with Gasteiger partial charge in [0.25, 0.3) is 11.5 Å². The van der Waals surface area contributed by atoms with E-state index in [1.165, 1.54) is 9.47 Å². The normalized spacial score (nSPS) is 11.3. The van der Waals surface area contributed by atoms with Crippen LogP contribution < -0.4 is 21.9 Å². The number of aromatic amines is 2. The van der Waals surface area contributed by atoms with Crippen molar-refractivity contribution in [2.45, 2.75) is 80.4 Å². The molecule has 0 saturated heterocycles. The maximum atomic E-state index is 13.8. The van der Waals surface area contributed by atoms with Crippen LogP contribution in [0.2, 0.25) is 0 Å². The standard InChI is InChI=1S/C24H37N5O5/c1-8-9-11-29-20(25)19(21(30)27-24(29)33)28(12-10-13(2)3)22(31)18-15(6)17(16(7)26-18)23(32)34-14(4)5/h13-14,26H,8-12,25H2,1-7H3,(H,27,30,33). The van der Waals surface area contributed by atoms with E-state index in [2.05, 4.69) is 9.97 Å². The van der Waals surface area contributed by atoms with Gasteiger partial charge in [0.2, 0.25) is 0 Å². The quantitative estimate of drug-likeness (QED) is 0.451. The predicted octanol–water partition coefficient (Wildman–Crippen LogP) is 3.12. The Morgan fingerprint density at radius 3 is 2.32 bits per heavy atom. The fourth-order valence-electron chi connectivity index (χ4n) is 3.76. The van der Waals surface area contributed by atoms with Crippen LogP contribution in [0.25, 0.3) is 0 Å². The molecule has 34 heavy (non-hydrogen) atoms. The summed E-state index contributed by atoms with van der Waals surface area (Å²) in [5.74, 6) is -0.855. The molecule has 0 aliphatic heterocycles. The van der Waals surface area contributed by atoms with Gasteiger partial charge in [-0.05, 0) is 52.0 Å². The molecule has 0 fully saturated rings. The first-order valence-electron chi connectivity index (χ1n) is 11.7. The lowest BCUT2D eigenvalue weighted by Gasteiger charge is -2.25. The summed E-state index contributed by atoms with van der Waals surface area (Å²) in [7, 11) is 0. The summed E-state index contributed by atoms with van der Waals surface area (Å²) in [6.07, 6.45) is 1.79. The first kappa shape index (κ1) is 26.9. The molecule has 188 valence electrons. The van der Waals surface area contributed by atoms with Gasteiger partial charge in [0, 0.05) is 18.8 Å². The monoisotopic (exact) mass is 475 g/mol. The number of nitrogens with two attached hydrogens (primary N) is 1. The molecule has 0 saturated carbocycles. The van der Waals surface area contributed by atoms with Crippen LogP contribution in [-0.2, 0) is 11.3 Å². The lowest BCUT2D eigenvalue weighted by atomic mass is 10.1. The van der Waals surface area contributed by atoms with Gasteiger partial charge in [-0.2, -0.15) is 0 Å². The van der Waals surface area contributed by atoms with Gasteiger partial charge in [-0.1, -0.05) is 27.2 Å². The van der Waals surface area contributed by atoms with E-state index in [1.54, 1.807) is 27.7 Å². The molecule has 2 aromatic heterocycles. The summed E-state index contributed by atoms with van der Waals surface area (Å²) in [5, 5.41) is 0. The maximum Gasteiger partial charge on any atom is 0.340 e. The second kappa shape index (κ2) is 11.2. The molecule has 1 amide bonds. The molecule has 2 rings (SSSR count). The molecule has 4 N–H and O–H groups in total. The molecule has 0 unspecified atom stereocenters. The first-order valence-corrected chi connectivity index (χ1v) is 11.7. The van der Waals surface area contributed by atoms with Gasteiger partial charge in [-0.25, -0.2) is 9.59 Å². The van der Waals surface area contributed by atoms with E-state index >= 15 is 0 Å². The minimum atomic E-state index is -0.729. The van der Waals surface area contributed by atoms with E-state index in [-0.39, 0.29) is 41.3 Å². The Labute approximate surface area is 199 Å². The number of hydrogen-bond donors (Lipinski definition) is 3. The van der Waals surface area contributed by atoms with Gasteiger partial charge >= 0.3 is 11.7 Å². The Kier molecular flexibility index (Phi) is 8.89. The minimum Gasteiger partial charge on any atom is -0.459 e. The molecule has 0 aliphatic carbocycles. The lowest BCUT2D eigenvalue weighted by molar-refractivity contribution is 0.0376. The van der Waals surface area contributed by atoms with E-state index in [1.807, 2.05) is 20.8 Å². The number of carbonyl (C=O) groups excluding carboxylic acids is 2. The highest BCUT2D eigenvalue weighted by atomic mass is 16.5. The zero-order chi connectivity index (χ0) is 25.7. The average molecular weight is 476 g/mol. The Bertz CT molecular complexity index is 1160. The Morgan fingerprint density at radius 2 is 1.76 bits per heavy atom.